The minimum Gasteiger partial charge on any atom is -0.495 e. The highest BCUT2D eigenvalue weighted by Crippen LogP contribution is 2.31. The Balaban J connectivity index is 2.14. The van der Waals surface area contributed by atoms with Crippen molar-refractivity contribution in [1.82, 2.24) is 4.90 Å². The summed E-state index contributed by atoms with van der Waals surface area (Å²) in [5, 5.41) is 3.01. The van der Waals surface area contributed by atoms with Gasteiger partial charge in [0, 0.05) is 38.3 Å². The van der Waals surface area contributed by atoms with Crippen molar-refractivity contribution in [1.29, 1.82) is 0 Å². The molecule has 23 heavy (non-hydrogen) atoms. The Morgan fingerprint density at radius 1 is 1.22 bits per heavy atom. The van der Waals surface area contributed by atoms with Gasteiger partial charge in [-0.05, 0) is 30.7 Å². The molecule has 1 aromatic carbocycles. The highest BCUT2D eigenvalue weighted by atomic mass is 16.5. The Bertz CT molecular complexity index is 544. The maximum atomic E-state index is 12.2. The van der Waals surface area contributed by atoms with Crippen molar-refractivity contribution in [3.8, 4) is 5.75 Å². The number of anilines is 2. The summed E-state index contributed by atoms with van der Waals surface area (Å²) in [4.78, 5) is 16.9. The van der Waals surface area contributed by atoms with E-state index in [1.54, 1.807) is 7.11 Å². The fraction of sp³-hybridized carbons (Fsp3) is 0.611. The van der Waals surface area contributed by atoms with E-state index in [2.05, 4.69) is 49.0 Å². The molecule has 0 aliphatic carbocycles. The van der Waals surface area contributed by atoms with Crippen molar-refractivity contribution in [2.24, 2.45) is 5.41 Å². The Hall–Kier alpha value is -1.75. The number of hydrogen-bond acceptors (Lipinski definition) is 4. The van der Waals surface area contributed by atoms with Crippen LogP contribution in [0.25, 0.3) is 0 Å². The number of amides is 1. The van der Waals surface area contributed by atoms with Crippen LogP contribution >= 0.6 is 0 Å². The summed E-state index contributed by atoms with van der Waals surface area (Å²) in [7, 11) is 3.77. The monoisotopic (exact) mass is 319 g/mol. The topological polar surface area (TPSA) is 44.8 Å². The minimum atomic E-state index is -0.0353. The third-order valence-corrected chi connectivity index (χ3v) is 4.02. The first-order chi connectivity index (χ1) is 10.8. The number of piperazine rings is 1. The molecule has 0 bridgehead atoms. The molecule has 5 heteroatoms. The predicted molar refractivity (Wildman–Crippen MR) is 95.4 cm³/mol. The van der Waals surface area contributed by atoms with Crippen LogP contribution in [0.3, 0.4) is 0 Å². The molecular formula is C18H29N3O2. The number of rotatable bonds is 4. The molecule has 0 unspecified atom stereocenters. The molecule has 1 fully saturated rings. The number of ether oxygens (including phenoxy) is 1. The number of carbonyl (C=O) groups excluding carboxylic acids is 1. The fourth-order valence-corrected chi connectivity index (χ4v) is 2.73. The Morgan fingerprint density at radius 2 is 1.87 bits per heavy atom. The molecule has 0 spiro atoms. The molecule has 0 saturated carbocycles. The van der Waals surface area contributed by atoms with Gasteiger partial charge in [0.15, 0.2) is 0 Å². The van der Waals surface area contributed by atoms with Crippen LogP contribution in [-0.2, 0) is 4.79 Å². The van der Waals surface area contributed by atoms with Crippen LogP contribution in [0.1, 0.15) is 27.2 Å². The number of methoxy groups -OCH3 is 1. The molecule has 1 heterocycles. The summed E-state index contributed by atoms with van der Waals surface area (Å²) in [6.45, 7) is 10.3. The molecule has 1 aliphatic rings. The summed E-state index contributed by atoms with van der Waals surface area (Å²) in [6.07, 6.45) is 0.481. The number of hydrogen-bond donors (Lipinski definition) is 1. The van der Waals surface area contributed by atoms with E-state index in [0.717, 1.165) is 37.6 Å². The van der Waals surface area contributed by atoms with Gasteiger partial charge in [-0.1, -0.05) is 20.8 Å². The van der Waals surface area contributed by atoms with Crippen molar-refractivity contribution >= 4 is 17.3 Å². The van der Waals surface area contributed by atoms with Crippen LogP contribution in [0.2, 0.25) is 0 Å². The Kier molecular flexibility index (Phi) is 5.52. The normalized spacial score (nSPS) is 16.3. The molecule has 2 rings (SSSR count). The van der Waals surface area contributed by atoms with Crippen molar-refractivity contribution in [3.05, 3.63) is 18.2 Å². The first-order valence-electron chi connectivity index (χ1n) is 8.20. The maximum Gasteiger partial charge on any atom is 0.225 e. The van der Waals surface area contributed by atoms with Gasteiger partial charge in [-0.15, -0.1) is 0 Å². The van der Waals surface area contributed by atoms with Crippen LogP contribution in [0, 0.1) is 5.41 Å². The molecule has 1 saturated heterocycles. The molecule has 1 aromatic rings. The van der Waals surface area contributed by atoms with E-state index in [-0.39, 0.29) is 11.3 Å². The molecule has 0 atom stereocenters. The van der Waals surface area contributed by atoms with Gasteiger partial charge >= 0.3 is 0 Å². The molecule has 128 valence electrons. The smallest absolute Gasteiger partial charge is 0.225 e. The van der Waals surface area contributed by atoms with Gasteiger partial charge < -0.3 is 19.9 Å². The molecule has 0 aromatic heterocycles. The number of benzene rings is 1. The standard InChI is InChI=1S/C18H29N3O2/c1-18(2,3)13-17(22)19-15-12-14(6-7-16(15)23-5)21-10-8-20(4)9-11-21/h6-7,12H,8-11,13H2,1-5H3,(H,19,22). The van der Waals surface area contributed by atoms with Crippen LogP contribution in [0.4, 0.5) is 11.4 Å². The zero-order valence-electron chi connectivity index (χ0n) is 15.0. The van der Waals surface area contributed by atoms with E-state index in [1.807, 2.05) is 12.1 Å². The molecule has 5 nitrogen and oxygen atoms in total. The Morgan fingerprint density at radius 3 is 2.43 bits per heavy atom. The van der Waals surface area contributed by atoms with Gasteiger partial charge in [0.1, 0.15) is 5.75 Å². The van der Waals surface area contributed by atoms with Crippen LogP contribution in [0.5, 0.6) is 5.75 Å². The Labute approximate surface area is 139 Å². The van der Waals surface area contributed by atoms with Crippen molar-refractivity contribution in [2.75, 3.05) is 50.6 Å². The van der Waals surface area contributed by atoms with E-state index < -0.39 is 0 Å². The van der Waals surface area contributed by atoms with Crippen LogP contribution in [0.15, 0.2) is 18.2 Å². The molecule has 1 amide bonds. The first-order valence-corrected chi connectivity index (χ1v) is 8.20. The highest BCUT2D eigenvalue weighted by molar-refractivity contribution is 5.93. The van der Waals surface area contributed by atoms with E-state index in [4.69, 9.17) is 4.74 Å². The lowest BCUT2D eigenvalue weighted by Gasteiger charge is -2.34. The lowest BCUT2D eigenvalue weighted by Crippen LogP contribution is -2.44. The number of carbonyl (C=O) groups is 1. The van der Waals surface area contributed by atoms with Gasteiger partial charge in [-0.3, -0.25) is 4.79 Å². The summed E-state index contributed by atoms with van der Waals surface area (Å²) in [5.41, 5.74) is 1.84. The van der Waals surface area contributed by atoms with Crippen molar-refractivity contribution in [3.63, 3.8) is 0 Å². The second-order valence-electron chi connectivity index (χ2n) is 7.46. The van der Waals surface area contributed by atoms with Gasteiger partial charge in [-0.25, -0.2) is 0 Å². The van der Waals surface area contributed by atoms with Gasteiger partial charge in [0.25, 0.3) is 0 Å². The minimum absolute atomic E-state index is 0.0197. The lowest BCUT2D eigenvalue weighted by atomic mass is 9.92. The zero-order valence-corrected chi connectivity index (χ0v) is 15.0. The predicted octanol–water partition coefficient (Wildman–Crippen LogP) is 2.82. The second kappa shape index (κ2) is 7.21. The molecular weight excluding hydrogens is 290 g/mol. The molecule has 1 aliphatic heterocycles. The van der Waals surface area contributed by atoms with Crippen molar-refractivity contribution < 1.29 is 9.53 Å². The number of nitrogens with one attached hydrogen (secondary N) is 1. The summed E-state index contributed by atoms with van der Waals surface area (Å²) < 4.78 is 5.39. The summed E-state index contributed by atoms with van der Waals surface area (Å²) in [5.74, 6) is 0.719. The largest absolute Gasteiger partial charge is 0.495 e. The summed E-state index contributed by atoms with van der Waals surface area (Å²) in [6, 6.07) is 6.01. The first kappa shape index (κ1) is 17.6. The van der Waals surface area contributed by atoms with Crippen molar-refractivity contribution in [2.45, 2.75) is 27.2 Å². The van der Waals surface area contributed by atoms with Gasteiger partial charge in [0.05, 0.1) is 12.8 Å². The number of likely N-dealkylation sites (N-methyl/N-ethyl adjacent to an activating group) is 1. The third-order valence-electron chi connectivity index (χ3n) is 4.02. The van der Waals surface area contributed by atoms with E-state index >= 15 is 0 Å². The van der Waals surface area contributed by atoms with E-state index in [1.165, 1.54) is 0 Å². The lowest BCUT2D eigenvalue weighted by molar-refractivity contribution is -0.117. The van der Waals surface area contributed by atoms with E-state index in [0.29, 0.717) is 12.2 Å². The quantitative estimate of drug-likeness (QED) is 0.927. The molecule has 1 N–H and O–H groups in total. The number of nitrogens with zero attached hydrogens (tertiary/aromatic N) is 2. The van der Waals surface area contributed by atoms with Crippen LogP contribution < -0.4 is 15.0 Å². The fourth-order valence-electron chi connectivity index (χ4n) is 2.73. The van der Waals surface area contributed by atoms with Crippen LogP contribution in [-0.4, -0.2) is 51.1 Å². The van der Waals surface area contributed by atoms with E-state index in [9.17, 15) is 4.79 Å². The zero-order chi connectivity index (χ0) is 17.0. The van der Waals surface area contributed by atoms with Gasteiger partial charge in [-0.2, -0.15) is 0 Å². The SMILES string of the molecule is COc1ccc(N2CCN(C)CC2)cc1NC(=O)CC(C)(C)C. The van der Waals surface area contributed by atoms with Gasteiger partial charge in [0.2, 0.25) is 5.91 Å². The average molecular weight is 319 g/mol. The second-order valence-corrected chi connectivity index (χ2v) is 7.46. The average Bonchev–Trinajstić information content (AvgIpc) is 2.46. The molecule has 0 radical (unpaired) electrons. The highest BCUT2D eigenvalue weighted by Gasteiger charge is 2.19. The maximum absolute atomic E-state index is 12.2. The third kappa shape index (κ3) is 5.13. The summed E-state index contributed by atoms with van der Waals surface area (Å²) >= 11 is 0.